The molecule has 4 aromatic rings. The smallest absolute Gasteiger partial charge is 0.311 e. The van der Waals surface area contributed by atoms with E-state index in [-0.39, 0.29) is 12.2 Å². The lowest BCUT2D eigenvalue weighted by Crippen LogP contribution is -2.23. The highest BCUT2D eigenvalue weighted by molar-refractivity contribution is 7.98. The first-order valence-electron chi connectivity index (χ1n) is 9.41. The van der Waals surface area contributed by atoms with E-state index in [9.17, 15) is 22.8 Å². The number of benzene rings is 2. The topological polar surface area (TPSA) is 96.4 Å². The summed E-state index contributed by atoms with van der Waals surface area (Å²) >= 11 is 1.23. The third-order valence-corrected chi connectivity index (χ3v) is 5.50. The van der Waals surface area contributed by atoms with Crippen molar-refractivity contribution in [2.24, 2.45) is 0 Å². The summed E-state index contributed by atoms with van der Waals surface area (Å²) in [5.41, 5.74) is -0.276. The predicted octanol–water partition coefficient (Wildman–Crippen LogP) is 3.55. The summed E-state index contributed by atoms with van der Waals surface area (Å²) in [5, 5.41) is 8.86. The van der Waals surface area contributed by atoms with E-state index in [0.29, 0.717) is 22.2 Å². The number of nitrogens with zero attached hydrogens (tertiary/aromatic N) is 3. The first-order chi connectivity index (χ1) is 15.3. The number of aromatic nitrogens is 5. The molecule has 0 aliphatic heterocycles. The Bertz CT molecular complexity index is 1320. The average Bonchev–Trinajstić information content (AvgIpc) is 3.14. The van der Waals surface area contributed by atoms with E-state index < -0.39 is 23.0 Å². The Balaban J connectivity index is 1.65. The van der Waals surface area contributed by atoms with Crippen LogP contribution in [0.3, 0.4) is 0 Å². The molecule has 2 N–H and O–H groups in total. The van der Waals surface area contributed by atoms with E-state index in [0.717, 1.165) is 17.8 Å². The average molecular weight is 459 g/mol. The summed E-state index contributed by atoms with van der Waals surface area (Å²) in [4.78, 5) is 27.9. The number of para-hydroxylation sites is 1. The molecule has 32 heavy (non-hydrogen) atoms. The van der Waals surface area contributed by atoms with Gasteiger partial charge in [0.2, 0.25) is 0 Å². The van der Waals surface area contributed by atoms with Crippen molar-refractivity contribution in [3.8, 4) is 5.69 Å². The molecule has 2 heterocycles. The molecule has 0 radical (unpaired) electrons. The molecule has 0 amide bonds. The standard InChI is InChI=1S/C21H16F3N5O2S/c22-21(23,24)14-6-4-5-13(9-14)12-32-20-28-27-17(29(20)16-7-2-1-3-8-16)10-15-11-18(30)26-19(31)25-15/h1-9,11H,10,12H2,(H2,25,26,30,31). The lowest BCUT2D eigenvalue weighted by Gasteiger charge is -2.11. The van der Waals surface area contributed by atoms with Crippen molar-refractivity contribution in [2.45, 2.75) is 23.5 Å². The van der Waals surface area contributed by atoms with Gasteiger partial charge < -0.3 is 4.98 Å². The van der Waals surface area contributed by atoms with Crippen molar-refractivity contribution >= 4 is 11.8 Å². The molecule has 0 atom stereocenters. The third kappa shape index (κ3) is 4.99. The Kier molecular flexibility index (Phi) is 5.99. The summed E-state index contributed by atoms with van der Waals surface area (Å²) in [6.45, 7) is 0. The van der Waals surface area contributed by atoms with Crippen molar-refractivity contribution < 1.29 is 13.2 Å². The largest absolute Gasteiger partial charge is 0.416 e. The minimum Gasteiger partial charge on any atom is -0.311 e. The number of thioether (sulfide) groups is 1. The molecular weight excluding hydrogens is 443 g/mol. The molecule has 0 bridgehead atoms. The number of alkyl halides is 3. The van der Waals surface area contributed by atoms with Gasteiger partial charge in [-0.1, -0.05) is 48.2 Å². The van der Waals surface area contributed by atoms with Crippen molar-refractivity contribution in [2.75, 3.05) is 0 Å². The van der Waals surface area contributed by atoms with E-state index in [4.69, 9.17) is 0 Å². The number of aromatic amines is 2. The van der Waals surface area contributed by atoms with Gasteiger partial charge >= 0.3 is 11.9 Å². The number of nitrogens with one attached hydrogen (secondary N) is 2. The van der Waals surface area contributed by atoms with Crippen LogP contribution in [0.1, 0.15) is 22.6 Å². The van der Waals surface area contributed by atoms with Crippen molar-refractivity contribution in [1.29, 1.82) is 0 Å². The summed E-state index contributed by atoms with van der Waals surface area (Å²) in [6, 6.07) is 15.6. The highest BCUT2D eigenvalue weighted by Gasteiger charge is 2.30. The van der Waals surface area contributed by atoms with Crippen molar-refractivity contribution in [1.82, 2.24) is 24.7 Å². The Hall–Kier alpha value is -3.60. The van der Waals surface area contributed by atoms with Crippen LogP contribution in [0.2, 0.25) is 0 Å². The summed E-state index contributed by atoms with van der Waals surface area (Å²) in [7, 11) is 0. The van der Waals surface area contributed by atoms with E-state index >= 15 is 0 Å². The number of rotatable bonds is 6. The van der Waals surface area contributed by atoms with Gasteiger partial charge in [-0.2, -0.15) is 13.2 Å². The number of hydrogen-bond donors (Lipinski definition) is 2. The second-order valence-corrected chi connectivity index (χ2v) is 7.79. The number of hydrogen-bond acceptors (Lipinski definition) is 5. The maximum absolute atomic E-state index is 13.0. The zero-order valence-electron chi connectivity index (χ0n) is 16.4. The molecular formula is C21H16F3N5O2S. The highest BCUT2D eigenvalue weighted by atomic mass is 32.2. The molecule has 2 aromatic carbocycles. The predicted molar refractivity (Wildman–Crippen MR) is 113 cm³/mol. The number of H-pyrrole nitrogens is 2. The van der Waals surface area contributed by atoms with Gasteiger partial charge in [-0.25, -0.2) is 4.79 Å². The molecule has 164 valence electrons. The van der Waals surface area contributed by atoms with Gasteiger partial charge in [-0.15, -0.1) is 10.2 Å². The number of halogens is 3. The van der Waals surface area contributed by atoms with E-state index in [1.54, 1.807) is 10.6 Å². The molecule has 0 aliphatic carbocycles. The molecule has 2 aromatic heterocycles. The van der Waals surface area contributed by atoms with Crippen LogP contribution in [0.4, 0.5) is 13.2 Å². The molecule has 7 nitrogen and oxygen atoms in total. The van der Waals surface area contributed by atoms with Gasteiger partial charge in [0.1, 0.15) is 5.82 Å². The molecule has 0 saturated carbocycles. The van der Waals surface area contributed by atoms with Crippen LogP contribution in [0.25, 0.3) is 5.69 Å². The third-order valence-electron chi connectivity index (χ3n) is 4.50. The Morgan fingerprint density at radius 3 is 2.44 bits per heavy atom. The van der Waals surface area contributed by atoms with E-state index in [2.05, 4.69) is 20.2 Å². The summed E-state index contributed by atoms with van der Waals surface area (Å²) in [5.74, 6) is 0.709. The second-order valence-electron chi connectivity index (χ2n) is 6.85. The van der Waals surface area contributed by atoms with Gasteiger partial charge in [0, 0.05) is 29.6 Å². The monoisotopic (exact) mass is 459 g/mol. The molecule has 0 aliphatic rings. The van der Waals surface area contributed by atoms with E-state index in [1.165, 1.54) is 23.9 Å². The minimum absolute atomic E-state index is 0.130. The Morgan fingerprint density at radius 1 is 0.938 bits per heavy atom. The lowest BCUT2D eigenvalue weighted by molar-refractivity contribution is -0.137. The first-order valence-corrected chi connectivity index (χ1v) is 10.4. The summed E-state index contributed by atoms with van der Waals surface area (Å²) in [6.07, 6.45) is -4.28. The zero-order valence-corrected chi connectivity index (χ0v) is 17.2. The van der Waals surface area contributed by atoms with Gasteiger partial charge in [-0.05, 0) is 23.8 Å². The van der Waals surface area contributed by atoms with Gasteiger partial charge in [0.15, 0.2) is 5.16 Å². The van der Waals surface area contributed by atoms with Gasteiger partial charge in [0.05, 0.1) is 5.56 Å². The molecule has 11 heteroatoms. The van der Waals surface area contributed by atoms with Crippen LogP contribution in [0, 0.1) is 0 Å². The lowest BCUT2D eigenvalue weighted by atomic mass is 10.1. The van der Waals surface area contributed by atoms with Crippen molar-refractivity contribution in [3.63, 3.8) is 0 Å². The molecule has 0 saturated heterocycles. The summed E-state index contributed by atoms with van der Waals surface area (Å²) < 4.78 is 40.8. The molecule has 0 unspecified atom stereocenters. The normalized spacial score (nSPS) is 11.6. The Morgan fingerprint density at radius 2 is 1.72 bits per heavy atom. The first kappa shape index (κ1) is 21.6. The van der Waals surface area contributed by atoms with Gasteiger partial charge in [0.25, 0.3) is 5.56 Å². The molecule has 0 spiro atoms. The molecule has 4 rings (SSSR count). The fraction of sp³-hybridized carbons (Fsp3) is 0.143. The van der Waals surface area contributed by atoms with Crippen LogP contribution in [0.15, 0.2) is 75.4 Å². The van der Waals surface area contributed by atoms with Crippen LogP contribution in [0.5, 0.6) is 0 Å². The van der Waals surface area contributed by atoms with Gasteiger partial charge in [-0.3, -0.25) is 14.3 Å². The van der Waals surface area contributed by atoms with Crippen LogP contribution >= 0.6 is 11.8 Å². The van der Waals surface area contributed by atoms with Crippen molar-refractivity contribution in [3.05, 3.63) is 104 Å². The van der Waals surface area contributed by atoms with Crippen LogP contribution < -0.4 is 11.2 Å². The quantitative estimate of drug-likeness (QED) is 0.430. The molecule has 0 fully saturated rings. The van der Waals surface area contributed by atoms with Crippen LogP contribution in [-0.2, 0) is 18.3 Å². The highest BCUT2D eigenvalue weighted by Crippen LogP contribution is 2.31. The van der Waals surface area contributed by atoms with E-state index in [1.807, 2.05) is 30.3 Å². The maximum Gasteiger partial charge on any atom is 0.416 e. The fourth-order valence-corrected chi connectivity index (χ4v) is 4.03. The maximum atomic E-state index is 13.0. The zero-order chi connectivity index (χ0) is 22.7. The SMILES string of the molecule is O=c1cc(Cc2nnc(SCc3cccc(C(F)(F)F)c3)n2-c2ccccc2)[nH]c(=O)[nH]1. The fourth-order valence-electron chi connectivity index (χ4n) is 3.11. The van der Waals surface area contributed by atoms with Crippen LogP contribution in [-0.4, -0.2) is 24.7 Å². The minimum atomic E-state index is -4.41. The Labute approximate surface area is 183 Å². The second kappa shape index (κ2) is 8.87.